The number of nitrogens with zero attached hydrogens (tertiary/aromatic N) is 1. The van der Waals surface area contributed by atoms with Crippen LogP contribution in [0.25, 0.3) is 0 Å². The molecule has 0 aromatic heterocycles. The van der Waals surface area contributed by atoms with E-state index in [1.807, 2.05) is 33.3 Å². The molecule has 0 saturated carbocycles. The van der Waals surface area contributed by atoms with Crippen molar-refractivity contribution in [2.24, 2.45) is 0 Å². The van der Waals surface area contributed by atoms with Gasteiger partial charge in [-0.2, -0.15) is 0 Å². The summed E-state index contributed by atoms with van der Waals surface area (Å²) < 4.78 is 30.3. The second kappa shape index (κ2) is 56.5. The number of likely N-dealkylation sites (N-methyl/N-ethyl adjacent to an activating group) is 1. The predicted molar refractivity (Wildman–Crippen MR) is 330 cm³/mol. The van der Waals surface area contributed by atoms with Crippen LogP contribution in [0.1, 0.15) is 278 Å². The normalized spacial score (nSPS) is 14.2. The van der Waals surface area contributed by atoms with Gasteiger partial charge in [0.05, 0.1) is 33.8 Å². The van der Waals surface area contributed by atoms with Crippen LogP contribution in [0, 0.1) is 0 Å². The Bertz CT molecular complexity index is 1590. The number of unbranched alkanes of at least 4 members (excludes halogenated alkanes) is 29. The van der Waals surface area contributed by atoms with E-state index in [1.165, 1.54) is 141 Å². The largest absolute Gasteiger partial charge is 0.756 e. The highest BCUT2D eigenvalue weighted by Gasteiger charge is 2.27. The molecule has 0 aromatic carbocycles. The quantitative estimate of drug-likeness (QED) is 0.0212. The first-order chi connectivity index (χ1) is 37.4. The van der Waals surface area contributed by atoms with Gasteiger partial charge in [0.25, 0.3) is 7.82 Å². The minimum Gasteiger partial charge on any atom is -0.756 e. The molecule has 0 radical (unpaired) electrons. The SMILES string of the molecule is CCCCC/C=C\C/C=C\C/C=C\C/C=C\CCCCCC(=O)NC(COP(=O)([O-])OCC[N+](C)(C)C)C(/C=C/CCCCCCCCCCCCC)OC(=O)CCCCCCCCCCC/C=C\C/C=C\CCCCC. The van der Waals surface area contributed by atoms with Crippen molar-refractivity contribution < 1.29 is 37.3 Å². The maximum absolute atomic E-state index is 13.5. The van der Waals surface area contributed by atoms with Crippen LogP contribution >= 0.6 is 7.82 Å². The van der Waals surface area contributed by atoms with Gasteiger partial charge in [0.1, 0.15) is 19.3 Å². The van der Waals surface area contributed by atoms with E-state index in [4.69, 9.17) is 13.8 Å². The maximum atomic E-state index is 13.5. The number of quaternary nitrogens is 1. The summed E-state index contributed by atoms with van der Waals surface area (Å²) in [7, 11) is 1.15. The summed E-state index contributed by atoms with van der Waals surface area (Å²) in [5.41, 5.74) is 0. The minimum absolute atomic E-state index is 0.0325. The third-order valence-electron chi connectivity index (χ3n) is 13.8. The molecule has 0 aliphatic heterocycles. The Labute approximate surface area is 476 Å². The molecule has 0 aliphatic rings. The molecule has 3 unspecified atom stereocenters. The van der Waals surface area contributed by atoms with E-state index >= 15 is 0 Å². The van der Waals surface area contributed by atoms with Gasteiger partial charge in [-0.05, 0) is 109 Å². The first kappa shape index (κ1) is 74.2. The van der Waals surface area contributed by atoms with Crippen LogP contribution in [-0.4, -0.2) is 69.4 Å². The number of amides is 1. The zero-order valence-corrected chi connectivity index (χ0v) is 51.8. The number of carbonyl (C=O) groups excluding carboxylic acids is 2. The summed E-state index contributed by atoms with van der Waals surface area (Å²) in [5, 5.41) is 3.01. The van der Waals surface area contributed by atoms with Crippen LogP contribution in [-0.2, 0) is 27.9 Å². The lowest BCUT2D eigenvalue weighted by atomic mass is 10.0. The molecule has 0 spiro atoms. The number of ether oxygens (including phenoxy) is 1. The van der Waals surface area contributed by atoms with E-state index in [0.29, 0.717) is 17.4 Å². The molecular weight excluding hydrogens is 976 g/mol. The van der Waals surface area contributed by atoms with E-state index < -0.39 is 26.6 Å². The summed E-state index contributed by atoms with van der Waals surface area (Å²) in [4.78, 5) is 40.0. The second-order valence-corrected chi connectivity index (χ2v) is 24.0. The Morgan fingerprint density at radius 3 is 1.22 bits per heavy atom. The van der Waals surface area contributed by atoms with Crippen LogP contribution in [0.4, 0.5) is 0 Å². The summed E-state index contributed by atoms with van der Waals surface area (Å²) in [5.74, 6) is -0.580. The van der Waals surface area contributed by atoms with Crippen molar-refractivity contribution in [2.75, 3.05) is 40.9 Å². The molecule has 1 amide bonds. The number of phosphoric ester groups is 1. The van der Waals surface area contributed by atoms with Gasteiger partial charge in [-0.3, -0.25) is 14.2 Å². The van der Waals surface area contributed by atoms with E-state index in [0.717, 1.165) is 96.3 Å². The van der Waals surface area contributed by atoms with Gasteiger partial charge in [0, 0.05) is 12.8 Å². The monoisotopic (exact) mass is 1100 g/mol. The Hall–Kier alpha value is -2.81. The standard InChI is InChI=1S/C67H121N2O7P/c1-7-10-13-16-19-22-25-28-30-32-34-36-38-41-44-47-50-53-56-59-66(70)68-64(63-75-77(72,73)74-62-61-69(4,5)6)65(58-55-52-49-46-43-40-27-24-21-18-15-12-9-3)76-67(71)60-57-54-51-48-45-42-39-37-35-33-31-29-26-23-20-17-14-11-8-2/h19-20,22-23,28-31,34,36,41,44,55,58,64-65H,7-18,21,24-27,32-33,35,37-40,42-43,45-54,56-57,59-63H2,1-6H3,(H-,68,70,72,73)/b22-19-,23-20-,30-28-,31-29-,36-34-,44-41-,58-55+. The first-order valence-corrected chi connectivity index (χ1v) is 33.4. The van der Waals surface area contributed by atoms with Crippen molar-refractivity contribution >= 4 is 19.7 Å². The summed E-state index contributed by atoms with van der Waals surface area (Å²) in [6.07, 6.45) is 74.0. The van der Waals surface area contributed by atoms with E-state index in [-0.39, 0.29) is 31.3 Å². The Balaban J connectivity index is 5.34. The fraction of sp³-hybridized carbons (Fsp3) is 0.761. The molecule has 1 N–H and O–H groups in total. The molecule has 9 nitrogen and oxygen atoms in total. The fourth-order valence-electron chi connectivity index (χ4n) is 8.83. The molecule has 3 atom stereocenters. The highest BCUT2D eigenvalue weighted by Crippen LogP contribution is 2.38. The summed E-state index contributed by atoms with van der Waals surface area (Å²) >= 11 is 0. The number of rotatable bonds is 57. The maximum Gasteiger partial charge on any atom is 0.306 e. The topological polar surface area (TPSA) is 114 Å². The van der Waals surface area contributed by atoms with Crippen molar-refractivity contribution in [1.29, 1.82) is 0 Å². The van der Waals surface area contributed by atoms with Gasteiger partial charge in [0.15, 0.2) is 0 Å². The predicted octanol–water partition coefficient (Wildman–Crippen LogP) is 19.1. The number of hydrogen-bond acceptors (Lipinski definition) is 7. The average molecular weight is 1100 g/mol. The number of allylic oxidation sites excluding steroid dienone is 13. The molecule has 0 fully saturated rings. The van der Waals surface area contributed by atoms with Gasteiger partial charge < -0.3 is 28.5 Å². The minimum atomic E-state index is -4.71. The molecule has 0 saturated heterocycles. The van der Waals surface area contributed by atoms with Gasteiger partial charge in [0.2, 0.25) is 5.91 Å². The number of hydrogen-bond donors (Lipinski definition) is 1. The lowest BCUT2D eigenvalue weighted by Gasteiger charge is -2.30. The van der Waals surface area contributed by atoms with Crippen LogP contribution < -0.4 is 10.2 Å². The fourth-order valence-corrected chi connectivity index (χ4v) is 9.55. The zero-order valence-electron chi connectivity index (χ0n) is 50.9. The highest BCUT2D eigenvalue weighted by atomic mass is 31.2. The zero-order chi connectivity index (χ0) is 56.4. The van der Waals surface area contributed by atoms with Gasteiger partial charge >= 0.3 is 5.97 Å². The molecule has 0 aliphatic carbocycles. The van der Waals surface area contributed by atoms with Crippen LogP contribution in [0.3, 0.4) is 0 Å². The number of phosphoric acid groups is 1. The van der Waals surface area contributed by atoms with Gasteiger partial charge in [-0.1, -0.05) is 241 Å². The van der Waals surface area contributed by atoms with Crippen LogP contribution in [0.15, 0.2) is 85.1 Å². The van der Waals surface area contributed by atoms with Crippen molar-refractivity contribution in [3.63, 3.8) is 0 Å². The summed E-state index contributed by atoms with van der Waals surface area (Å²) in [6.45, 7) is 6.77. The van der Waals surface area contributed by atoms with E-state index in [9.17, 15) is 19.0 Å². The molecule has 446 valence electrons. The molecule has 0 bridgehead atoms. The molecular formula is C67H121N2O7P. The molecule has 77 heavy (non-hydrogen) atoms. The Morgan fingerprint density at radius 1 is 0.455 bits per heavy atom. The highest BCUT2D eigenvalue weighted by molar-refractivity contribution is 7.45. The van der Waals surface area contributed by atoms with Crippen molar-refractivity contribution in [3.05, 3.63) is 85.1 Å². The van der Waals surface area contributed by atoms with E-state index in [1.54, 1.807) is 0 Å². The third kappa shape index (κ3) is 57.7. The third-order valence-corrected chi connectivity index (χ3v) is 14.8. The molecule has 0 rings (SSSR count). The lowest BCUT2D eigenvalue weighted by molar-refractivity contribution is -0.870. The van der Waals surface area contributed by atoms with Gasteiger partial charge in [-0.15, -0.1) is 0 Å². The lowest BCUT2D eigenvalue weighted by Crippen LogP contribution is -2.47. The Kier molecular flexibility index (Phi) is 54.4. The second-order valence-electron chi connectivity index (χ2n) is 22.6. The van der Waals surface area contributed by atoms with E-state index in [2.05, 4.69) is 99.0 Å². The van der Waals surface area contributed by atoms with Crippen molar-refractivity contribution in [2.45, 2.75) is 290 Å². The molecule has 0 heterocycles. The van der Waals surface area contributed by atoms with Crippen molar-refractivity contribution in [1.82, 2.24) is 5.32 Å². The average Bonchev–Trinajstić information content (AvgIpc) is 3.39. The van der Waals surface area contributed by atoms with Crippen LogP contribution in [0.2, 0.25) is 0 Å². The smallest absolute Gasteiger partial charge is 0.306 e. The number of esters is 1. The molecule has 10 heteroatoms. The Morgan fingerprint density at radius 2 is 0.792 bits per heavy atom. The number of nitrogens with one attached hydrogen (secondary N) is 1. The van der Waals surface area contributed by atoms with Crippen molar-refractivity contribution in [3.8, 4) is 0 Å². The first-order valence-electron chi connectivity index (χ1n) is 31.9. The van der Waals surface area contributed by atoms with Crippen LogP contribution in [0.5, 0.6) is 0 Å². The summed E-state index contributed by atoms with van der Waals surface area (Å²) in [6, 6.07) is -0.911. The number of carbonyl (C=O) groups is 2. The van der Waals surface area contributed by atoms with Gasteiger partial charge in [-0.25, -0.2) is 0 Å². The molecule has 0 aromatic rings.